The lowest BCUT2D eigenvalue weighted by Crippen LogP contribution is -2.50. The fraction of sp³-hybridized carbons (Fsp3) is 0.917. The second-order valence-electron chi connectivity index (χ2n) is 5.39. The summed E-state index contributed by atoms with van der Waals surface area (Å²) in [7, 11) is 1.39. The highest BCUT2D eigenvalue weighted by atomic mass is 19.4. The Kier molecular flexibility index (Phi) is 6.07. The van der Waals surface area contributed by atoms with Gasteiger partial charge < -0.3 is 15.7 Å². The molecule has 1 aliphatic rings. The molecule has 0 radical (unpaired) electrons. The summed E-state index contributed by atoms with van der Waals surface area (Å²) in [4.78, 5) is 12.5. The van der Waals surface area contributed by atoms with Gasteiger partial charge in [-0.2, -0.15) is 13.2 Å². The van der Waals surface area contributed by atoms with E-state index in [1.165, 1.54) is 7.05 Å². The number of hydrogen-bond donors (Lipinski definition) is 3. The fourth-order valence-corrected chi connectivity index (χ4v) is 2.00. The van der Waals surface area contributed by atoms with Crippen LogP contribution in [0.4, 0.5) is 18.0 Å². The summed E-state index contributed by atoms with van der Waals surface area (Å²) < 4.78 is 36.1. The molecule has 0 bridgehead atoms. The molecular weight excluding hydrogens is 275 g/mol. The Morgan fingerprint density at radius 2 is 2.00 bits per heavy atom. The van der Waals surface area contributed by atoms with Crippen LogP contribution < -0.4 is 10.6 Å². The second-order valence-corrected chi connectivity index (χ2v) is 5.39. The molecule has 1 aliphatic carbocycles. The summed E-state index contributed by atoms with van der Waals surface area (Å²) in [6.07, 6.45) is -1.42. The number of alkyl halides is 3. The van der Waals surface area contributed by atoms with Crippen molar-refractivity contribution >= 4 is 6.03 Å². The highest BCUT2D eigenvalue weighted by molar-refractivity contribution is 5.73. The Bertz CT molecular complexity index is 320. The molecule has 8 heteroatoms. The Labute approximate surface area is 116 Å². The first-order chi connectivity index (χ1) is 9.20. The van der Waals surface area contributed by atoms with Gasteiger partial charge in [-0.3, -0.25) is 4.90 Å². The zero-order chi connectivity index (χ0) is 15.2. The van der Waals surface area contributed by atoms with Crippen molar-refractivity contribution in [2.45, 2.75) is 37.5 Å². The molecule has 0 aromatic heterocycles. The van der Waals surface area contributed by atoms with E-state index in [1.54, 1.807) is 0 Å². The normalized spacial score (nSPS) is 17.7. The second kappa shape index (κ2) is 7.12. The van der Waals surface area contributed by atoms with Crippen LogP contribution in [0.1, 0.15) is 25.7 Å². The Morgan fingerprint density at radius 1 is 1.35 bits per heavy atom. The summed E-state index contributed by atoms with van der Waals surface area (Å²) >= 11 is 0. The number of hydrogen-bond acceptors (Lipinski definition) is 3. The minimum Gasteiger partial charge on any atom is -0.388 e. The molecule has 0 heterocycles. The van der Waals surface area contributed by atoms with Crippen molar-refractivity contribution in [3.8, 4) is 0 Å². The van der Waals surface area contributed by atoms with Crippen LogP contribution in [-0.2, 0) is 0 Å². The number of nitrogens with one attached hydrogen (secondary N) is 2. The van der Waals surface area contributed by atoms with E-state index in [0.717, 1.165) is 11.3 Å². The molecule has 20 heavy (non-hydrogen) atoms. The molecule has 118 valence electrons. The van der Waals surface area contributed by atoms with Crippen LogP contribution in [0.25, 0.3) is 0 Å². The van der Waals surface area contributed by atoms with Gasteiger partial charge in [0, 0.05) is 13.1 Å². The lowest BCUT2D eigenvalue weighted by atomic mass is 9.80. The van der Waals surface area contributed by atoms with Gasteiger partial charge in [-0.05, 0) is 39.3 Å². The van der Waals surface area contributed by atoms with Crippen molar-refractivity contribution < 1.29 is 23.1 Å². The third-order valence-electron chi connectivity index (χ3n) is 3.31. The molecule has 0 aromatic carbocycles. The predicted octanol–water partition coefficient (Wildman–Crippen LogP) is 1.08. The minimum absolute atomic E-state index is 0.215. The van der Waals surface area contributed by atoms with E-state index in [4.69, 9.17) is 0 Å². The summed E-state index contributed by atoms with van der Waals surface area (Å²) in [6, 6.07) is -0.399. The van der Waals surface area contributed by atoms with E-state index in [0.29, 0.717) is 25.8 Å². The summed E-state index contributed by atoms with van der Waals surface area (Å²) in [6.45, 7) is -0.185. The number of urea groups is 1. The zero-order valence-corrected chi connectivity index (χ0v) is 11.6. The molecule has 5 nitrogen and oxygen atoms in total. The van der Waals surface area contributed by atoms with Gasteiger partial charge in [-0.25, -0.2) is 4.79 Å². The quantitative estimate of drug-likeness (QED) is 0.616. The maximum Gasteiger partial charge on any atom is 0.401 e. The lowest BCUT2D eigenvalue weighted by Gasteiger charge is -2.36. The molecule has 0 aromatic rings. The molecule has 0 atom stereocenters. The standard InChI is InChI=1S/C12H22F3N3O2/c1-18(9-12(13,14)15)7-3-6-16-10(19)17-8-11(20)4-2-5-11/h20H,2-9H2,1H3,(H2,16,17,19). The van der Waals surface area contributed by atoms with Crippen molar-refractivity contribution in [1.29, 1.82) is 0 Å². The van der Waals surface area contributed by atoms with Crippen molar-refractivity contribution in [3.63, 3.8) is 0 Å². The predicted molar refractivity (Wildman–Crippen MR) is 68.4 cm³/mol. The van der Waals surface area contributed by atoms with Crippen LogP contribution in [0.5, 0.6) is 0 Å². The fourth-order valence-electron chi connectivity index (χ4n) is 2.00. The first-order valence-electron chi connectivity index (χ1n) is 6.70. The van der Waals surface area contributed by atoms with Crippen LogP contribution in [0, 0.1) is 0 Å². The molecule has 0 aliphatic heterocycles. The molecule has 2 amide bonds. The number of halogens is 3. The zero-order valence-electron chi connectivity index (χ0n) is 11.6. The monoisotopic (exact) mass is 297 g/mol. The van der Waals surface area contributed by atoms with E-state index in [-0.39, 0.29) is 13.1 Å². The SMILES string of the molecule is CN(CCCNC(=O)NCC1(O)CCC1)CC(F)(F)F. The smallest absolute Gasteiger partial charge is 0.388 e. The van der Waals surface area contributed by atoms with Crippen molar-refractivity contribution in [1.82, 2.24) is 15.5 Å². The van der Waals surface area contributed by atoms with E-state index in [1.807, 2.05) is 0 Å². The van der Waals surface area contributed by atoms with Gasteiger partial charge in [0.25, 0.3) is 0 Å². The van der Waals surface area contributed by atoms with Crippen LogP contribution in [-0.4, -0.2) is 61.0 Å². The van der Waals surface area contributed by atoms with Crippen molar-refractivity contribution in [3.05, 3.63) is 0 Å². The lowest BCUT2D eigenvalue weighted by molar-refractivity contribution is -0.143. The number of amides is 2. The van der Waals surface area contributed by atoms with Gasteiger partial charge in [-0.15, -0.1) is 0 Å². The summed E-state index contributed by atoms with van der Waals surface area (Å²) in [5, 5.41) is 14.9. The Hall–Kier alpha value is -1.02. The third-order valence-corrected chi connectivity index (χ3v) is 3.31. The number of nitrogens with zero attached hydrogens (tertiary/aromatic N) is 1. The summed E-state index contributed by atoms with van der Waals surface area (Å²) in [5.74, 6) is 0. The largest absolute Gasteiger partial charge is 0.401 e. The average molecular weight is 297 g/mol. The van der Waals surface area contributed by atoms with Crippen LogP contribution in [0.2, 0.25) is 0 Å². The molecule has 1 rings (SSSR count). The Balaban J connectivity index is 2.01. The molecule has 0 spiro atoms. The number of rotatable bonds is 7. The molecule has 1 fully saturated rings. The van der Waals surface area contributed by atoms with Crippen LogP contribution >= 0.6 is 0 Å². The number of aliphatic hydroxyl groups is 1. The van der Waals surface area contributed by atoms with E-state index in [2.05, 4.69) is 10.6 Å². The summed E-state index contributed by atoms with van der Waals surface area (Å²) in [5.41, 5.74) is -0.774. The molecule has 3 N–H and O–H groups in total. The van der Waals surface area contributed by atoms with Gasteiger partial charge in [0.1, 0.15) is 0 Å². The van der Waals surface area contributed by atoms with Gasteiger partial charge in [0.15, 0.2) is 0 Å². The molecule has 0 unspecified atom stereocenters. The van der Waals surface area contributed by atoms with E-state index < -0.39 is 24.4 Å². The molecule has 1 saturated carbocycles. The highest BCUT2D eigenvalue weighted by Gasteiger charge is 2.34. The topological polar surface area (TPSA) is 64.6 Å². The van der Waals surface area contributed by atoms with E-state index in [9.17, 15) is 23.1 Å². The van der Waals surface area contributed by atoms with Crippen molar-refractivity contribution in [2.75, 3.05) is 33.2 Å². The molecular formula is C12H22F3N3O2. The first-order valence-corrected chi connectivity index (χ1v) is 6.70. The maximum absolute atomic E-state index is 12.0. The van der Waals surface area contributed by atoms with Gasteiger partial charge >= 0.3 is 12.2 Å². The van der Waals surface area contributed by atoms with Crippen molar-refractivity contribution in [2.24, 2.45) is 0 Å². The number of carbonyl (C=O) groups is 1. The number of carbonyl (C=O) groups excluding carboxylic acids is 1. The highest BCUT2D eigenvalue weighted by Crippen LogP contribution is 2.30. The first kappa shape index (κ1) is 17.0. The van der Waals surface area contributed by atoms with Gasteiger partial charge in [0.05, 0.1) is 12.1 Å². The van der Waals surface area contributed by atoms with E-state index >= 15 is 0 Å². The third kappa shape index (κ3) is 6.95. The van der Waals surface area contributed by atoms with Crippen LogP contribution in [0.3, 0.4) is 0 Å². The van der Waals surface area contributed by atoms with Crippen LogP contribution in [0.15, 0.2) is 0 Å². The van der Waals surface area contributed by atoms with Gasteiger partial charge in [-0.1, -0.05) is 0 Å². The average Bonchev–Trinajstić information content (AvgIpc) is 2.27. The Morgan fingerprint density at radius 3 is 2.50 bits per heavy atom. The maximum atomic E-state index is 12.0. The minimum atomic E-state index is -4.20. The molecule has 0 saturated heterocycles. The van der Waals surface area contributed by atoms with Gasteiger partial charge in [0.2, 0.25) is 0 Å².